The van der Waals surface area contributed by atoms with Crippen molar-refractivity contribution in [3.8, 4) is 28.7 Å². The summed E-state index contributed by atoms with van der Waals surface area (Å²) >= 11 is 0. The first kappa shape index (κ1) is 22.2. The zero-order valence-electron chi connectivity index (χ0n) is 18.7. The van der Waals surface area contributed by atoms with E-state index < -0.39 is 5.43 Å². The highest BCUT2D eigenvalue weighted by Gasteiger charge is 2.27. The van der Waals surface area contributed by atoms with Crippen LogP contribution in [0.15, 0.2) is 44.8 Å². The highest BCUT2D eigenvalue weighted by atomic mass is 16.5. The minimum absolute atomic E-state index is 0.00474. The Hall–Kier alpha value is -3.48. The molecule has 2 N–H and O–H groups in total. The molecule has 1 aromatic carbocycles. The van der Waals surface area contributed by atoms with Crippen molar-refractivity contribution in [1.82, 2.24) is 9.78 Å². The predicted octanol–water partition coefficient (Wildman–Crippen LogP) is 4.63. The smallest absolute Gasteiger partial charge is 0.239 e. The van der Waals surface area contributed by atoms with E-state index in [-0.39, 0.29) is 46.0 Å². The van der Waals surface area contributed by atoms with Crippen LogP contribution < -0.4 is 10.2 Å². The lowest BCUT2D eigenvalue weighted by Crippen LogP contribution is -2.11. The van der Waals surface area contributed by atoms with Crippen LogP contribution in [0.4, 0.5) is 0 Å². The Morgan fingerprint density at radius 1 is 1.10 bits per heavy atom. The minimum atomic E-state index is -0.505. The Bertz CT molecular complexity index is 1250. The second-order valence-corrected chi connectivity index (χ2v) is 7.96. The number of allylic oxidation sites excluding steroid dienone is 4. The summed E-state index contributed by atoms with van der Waals surface area (Å²) in [5.74, 6) is -0.216. The Morgan fingerprint density at radius 3 is 2.23 bits per heavy atom. The van der Waals surface area contributed by atoms with Gasteiger partial charge < -0.3 is 19.4 Å². The Labute approximate surface area is 180 Å². The van der Waals surface area contributed by atoms with Crippen molar-refractivity contribution in [1.29, 1.82) is 0 Å². The number of hydrogen-bond donors (Lipinski definition) is 2. The van der Waals surface area contributed by atoms with Crippen LogP contribution in [0.2, 0.25) is 0 Å². The van der Waals surface area contributed by atoms with Crippen molar-refractivity contribution in [2.24, 2.45) is 7.05 Å². The fraction of sp³-hybridized carbons (Fsp3) is 0.333. The first-order chi connectivity index (χ1) is 14.7. The number of rotatable bonds is 6. The number of benzene rings is 1. The molecule has 0 amide bonds. The molecule has 7 heteroatoms. The van der Waals surface area contributed by atoms with Gasteiger partial charge >= 0.3 is 0 Å². The van der Waals surface area contributed by atoms with Crippen LogP contribution in [-0.4, -0.2) is 27.1 Å². The molecule has 164 valence electrons. The van der Waals surface area contributed by atoms with Crippen molar-refractivity contribution in [3.63, 3.8) is 0 Å². The summed E-state index contributed by atoms with van der Waals surface area (Å²) in [5, 5.41) is 26.2. The van der Waals surface area contributed by atoms with E-state index in [1.165, 1.54) is 7.11 Å². The zero-order chi connectivity index (χ0) is 22.9. The van der Waals surface area contributed by atoms with Gasteiger partial charge in [0.2, 0.25) is 11.2 Å². The van der Waals surface area contributed by atoms with Crippen LogP contribution in [0, 0.1) is 0 Å². The lowest BCUT2D eigenvalue weighted by atomic mass is 9.96. The van der Waals surface area contributed by atoms with E-state index in [9.17, 15) is 15.0 Å². The molecular weight excluding hydrogens is 396 g/mol. The van der Waals surface area contributed by atoms with Crippen LogP contribution in [0.25, 0.3) is 22.4 Å². The summed E-state index contributed by atoms with van der Waals surface area (Å²) in [5.41, 5.74) is 2.97. The van der Waals surface area contributed by atoms with Gasteiger partial charge in [-0.1, -0.05) is 23.3 Å². The van der Waals surface area contributed by atoms with Gasteiger partial charge in [-0.05, 0) is 46.6 Å². The van der Waals surface area contributed by atoms with E-state index >= 15 is 0 Å². The van der Waals surface area contributed by atoms with Crippen LogP contribution in [0.1, 0.15) is 38.8 Å². The van der Waals surface area contributed by atoms with Gasteiger partial charge in [0.25, 0.3) is 0 Å². The normalized spacial score (nSPS) is 10.9. The molecule has 0 spiro atoms. The van der Waals surface area contributed by atoms with E-state index in [0.717, 1.165) is 11.1 Å². The summed E-state index contributed by atoms with van der Waals surface area (Å²) in [7, 11) is 3.10. The lowest BCUT2D eigenvalue weighted by Gasteiger charge is -2.16. The third-order valence-electron chi connectivity index (χ3n) is 5.13. The molecule has 0 bridgehead atoms. The molecule has 0 radical (unpaired) electrons. The molecule has 3 rings (SSSR count). The van der Waals surface area contributed by atoms with Crippen molar-refractivity contribution in [2.45, 2.75) is 40.5 Å². The largest absolute Gasteiger partial charge is 0.507 e. The van der Waals surface area contributed by atoms with Gasteiger partial charge in [-0.25, -0.2) is 0 Å². The molecule has 0 saturated carbocycles. The highest BCUT2D eigenvalue weighted by molar-refractivity contribution is 5.92. The first-order valence-electron chi connectivity index (χ1n) is 10.0. The number of aryl methyl sites for hydroxylation is 1. The third-order valence-corrected chi connectivity index (χ3v) is 5.13. The summed E-state index contributed by atoms with van der Waals surface area (Å²) in [6.07, 6.45) is 6.02. The van der Waals surface area contributed by atoms with Crippen molar-refractivity contribution < 1.29 is 19.4 Å². The molecule has 0 unspecified atom stereocenters. The average Bonchev–Trinajstić information content (AvgIpc) is 3.12. The second kappa shape index (κ2) is 8.71. The van der Waals surface area contributed by atoms with E-state index in [4.69, 9.17) is 9.15 Å². The lowest BCUT2D eigenvalue weighted by molar-refractivity contribution is 0.395. The van der Waals surface area contributed by atoms with E-state index in [2.05, 4.69) is 5.10 Å². The zero-order valence-corrected chi connectivity index (χ0v) is 18.7. The van der Waals surface area contributed by atoms with Gasteiger partial charge in [-0.2, -0.15) is 5.10 Å². The molecular formula is C24H28N2O5. The minimum Gasteiger partial charge on any atom is -0.507 e. The third kappa shape index (κ3) is 4.08. The molecule has 0 aliphatic rings. The topological polar surface area (TPSA) is 97.7 Å². The van der Waals surface area contributed by atoms with Crippen LogP contribution in [0.3, 0.4) is 0 Å². The molecule has 0 aliphatic carbocycles. The van der Waals surface area contributed by atoms with E-state index in [0.29, 0.717) is 17.7 Å². The predicted molar refractivity (Wildman–Crippen MR) is 121 cm³/mol. The molecule has 0 saturated heterocycles. The highest BCUT2D eigenvalue weighted by Crippen LogP contribution is 2.42. The number of nitrogens with zero attached hydrogens (tertiary/aromatic N) is 2. The Kier molecular flexibility index (Phi) is 6.24. The maximum atomic E-state index is 13.4. The van der Waals surface area contributed by atoms with Crippen molar-refractivity contribution >= 4 is 11.0 Å². The van der Waals surface area contributed by atoms with Gasteiger partial charge in [0.05, 0.1) is 7.11 Å². The molecule has 0 aliphatic heterocycles. The van der Waals surface area contributed by atoms with E-state index in [1.54, 1.807) is 24.0 Å². The molecule has 0 atom stereocenters. The standard InChI is InChI=1S/C24H28N2O5/c1-13(2)7-9-15-19(27)16(10-8-14(3)4)22-18(20(15)28)21(29)24(30-6)23(31-22)17-11-12-25-26(17)5/h7-8,11-12,27-28H,9-10H2,1-6H3. The van der Waals surface area contributed by atoms with Crippen LogP contribution in [-0.2, 0) is 19.9 Å². The van der Waals surface area contributed by atoms with Crippen molar-refractivity contribution in [2.75, 3.05) is 7.11 Å². The maximum Gasteiger partial charge on any atom is 0.239 e. The molecule has 2 aromatic heterocycles. The maximum absolute atomic E-state index is 13.4. The first-order valence-corrected chi connectivity index (χ1v) is 10.0. The molecule has 2 heterocycles. The molecule has 0 fully saturated rings. The molecule has 7 nitrogen and oxygen atoms in total. The van der Waals surface area contributed by atoms with Crippen LogP contribution in [0.5, 0.6) is 17.2 Å². The number of ether oxygens (including phenoxy) is 1. The molecule has 31 heavy (non-hydrogen) atoms. The van der Waals surface area contributed by atoms with Gasteiger partial charge in [-0.15, -0.1) is 0 Å². The second-order valence-electron chi connectivity index (χ2n) is 7.96. The number of aromatic nitrogens is 2. The fourth-order valence-electron chi connectivity index (χ4n) is 3.45. The van der Waals surface area contributed by atoms with Crippen molar-refractivity contribution in [3.05, 3.63) is 56.9 Å². The number of aromatic hydroxyl groups is 2. The number of hydrogen-bond acceptors (Lipinski definition) is 6. The van der Waals surface area contributed by atoms with Gasteiger partial charge in [0.1, 0.15) is 28.2 Å². The molecule has 3 aromatic rings. The summed E-state index contributed by atoms with van der Waals surface area (Å²) in [6, 6.07) is 1.70. The summed E-state index contributed by atoms with van der Waals surface area (Å²) in [4.78, 5) is 13.4. The number of fused-ring (bicyclic) bond motifs is 1. The summed E-state index contributed by atoms with van der Waals surface area (Å²) in [6.45, 7) is 7.75. The SMILES string of the molecule is COc1c(-c2ccnn2C)oc2c(CC=C(C)C)c(O)c(CC=C(C)C)c(O)c2c1=O. The number of phenols is 2. The average molecular weight is 424 g/mol. The van der Waals surface area contributed by atoms with Gasteiger partial charge in [-0.3, -0.25) is 9.48 Å². The summed E-state index contributed by atoms with van der Waals surface area (Å²) < 4.78 is 13.1. The van der Waals surface area contributed by atoms with Gasteiger partial charge in [0.15, 0.2) is 5.76 Å². The fourth-order valence-corrected chi connectivity index (χ4v) is 3.45. The number of phenolic OH excluding ortho intramolecular Hbond substituents is 2. The Morgan fingerprint density at radius 2 is 1.71 bits per heavy atom. The monoisotopic (exact) mass is 424 g/mol. The number of methoxy groups -OCH3 is 1. The quantitative estimate of drug-likeness (QED) is 0.560. The Balaban J connectivity index is 2.48. The van der Waals surface area contributed by atoms with Crippen LogP contribution >= 0.6 is 0 Å². The van der Waals surface area contributed by atoms with E-state index in [1.807, 2.05) is 39.8 Å². The van der Waals surface area contributed by atoms with Gasteiger partial charge in [0, 0.05) is 24.4 Å².